The standard InChI is InChI=1S/C39H38N2O2.BrH/c1-29(2)28-43-34-19-20-35-36-23-24-40(27-32-12-8-5-9-13-32)37(21-16-31-14-17-33(42-3)18-15-31)39(36)41(38(35)26-34)25-22-30-10-6-4-7-11-30;/h4-26,29,36H,27-28H2,1-3H3;1H/p-1/b21-16+,25-22+;. The van der Waals surface area contributed by atoms with Crippen LogP contribution in [0.1, 0.15) is 42.0 Å². The number of benzene rings is 4. The van der Waals surface area contributed by atoms with Crippen LogP contribution >= 0.6 is 0 Å². The van der Waals surface area contributed by atoms with Gasteiger partial charge >= 0.3 is 0 Å². The van der Waals surface area contributed by atoms with E-state index in [0.29, 0.717) is 12.5 Å². The molecule has 1 atom stereocenters. The van der Waals surface area contributed by atoms with E-state index in [2.05, 4.69) is 151 Å². The largest absolute Gasteiger partial charge is 1.00 e. The van der Waals surface area contributed by atoms with Crippen LogP contribution in [-0.4, -0.2) is 18.6 Å². The number of rotatable bonds is 10. The van der Waals surface area contributed by atoms with Crippen molar-refractivity contribution in [2.24, 2.45) is 5.92 Å². The first kappa shape index (κ1) is 31.0. The van der Waals surface area contributed by atoms with Gasteiger partial charge in [-0.25, -0.2) is 0 Å². The zero-order chi connectivity index (χ0) is 29.6. The van der Waals surface area contributed by atoms with Crippen molar-refractivity contribution in [3.05, 3.63) is 161 Å². The molecular formula is C39H38BrN2O2-. The highest BCUT2D eigenvalue weighted by molar-refractivity contribution is 5.77. The van der Waals surface area contributed by atoms with Gasteiger partial charge in [-0.05, 0) is 58.5 Å². The second-order valence-electron chi connectivity index (χ2n) is 11.3. The van der Waals surface area contributed by atoms with Gasteiger partial charge in [0.1, 0.15) is 11.5 Å². The number of allylic oxidation sites excluding steroid dienone is 2. The minimum atomic E-state index is 0. The topological polar surface area (TPSA) is 24.9 Å². The van der Waals surface area contributed by atoms with Gasteiger partial charge < -0.3 is 36.3 Å². The molecule has 2 aliphatic heterocycles. The van der Waals surface area contributed by atoms with E-state index in [4.69, 9.17) is 9.47 Å². The molecule has 0 aromatic heterocycles. The molecule has 6 rings (SSSR count). The summed E-state index contributed by atoms with van der Waals surface area (Å²) in [5.74, 6) is 2.32. The average molecular weight is 647 g/mol. The number of halogens is 1. The van der Waals surface area contributed by atoms with Gasteiger partial charge in [0.05, 0.1) is 30.8 Å². The molecule has 1 unspecified atom stereocenters. The zero-order valence-corrected chi connectivity index (χ0v) is 27.0. The highest BCUT2D eigenvalue weighted by Crippen LogP contribution is 2.50. The van der Waals surface area contributed by atoms with Crippen LogP contribution in [0.4, 0.5) is 5.69 Å². The van der Waals surface area contributed by atoms with Crippen LogP contribution in [0.3, 0.4) is 0 Å². The average Bonchev–Trinajstić information content (AvgIpc) is 3.36. The molecule has 0 amide bonds. The van der Waals surface area contributed by atoms with Crippen molar-refractivity contribution in [3.63, 3.8) is 0 Å². The molecule has 0 bridgehead atoms. The fraction of sp³-hybridized carbons (Fsp3) is 0.179. The Bertz CT molecular complexity index is 1660. The van der Waals surface area contributed by atoms with E-state index in [9.17, 15) is 0 Å². The lowest BCUT2D eigenvalue weighted by atomic mass is 9.94. The Hall–Kier alpha value is -4.48. The van der Waals surface area contributed by atoms with Gasteiger partial charge in [0.2, 0.25) is 0 Å². The zero-order valence-electron chi connectivity index (χ0n) is 25.4. The van der Waals surface area contributed by atoms with Crippen molar-refractivity contribution in [1.29, 1.82) is 0 Å². The van der Waals surface area contributed by atoms with Gasteiger partial charge in [-0.1, -0.05) is 105 Å². The molecule has 4 aromatic carbocycles. The summed E-state index contributed by atoms with van der Waals surface area (Å²) in [6.07, 6.45) is 13.4. The second-order valence-corrected chi connectivity index (χ2v) is 11.3. The molecule has 0 radical (unpaired) electrons. The fourth-order valence-electron chi connectivity index (χ4n) is 5.54. The number of hydrogen-bond acceptors (Lipinski definition) is 4. The Labute approximate surface area is 272 Å². The Balaban J connectivity index is 0.00000384. The molecular weight excluding hydrogens is 608 g/mol. The maximum Gasteiger partial charge on any atom is 0.121 e. The Morgan fingerprint density at radius 3 is 2.16 bits per heavy atom. The maximum absolute atomic E-state index is 6.19. The number of methoxy groups -OCH3 is 1. The van der Waals surface area contributed by atoms with Gasteiger partial charge in [0, 0.05) is 30.9 Å². The van der Waals surface area contributed by atoms with Crippen LogP contribution in [0.2, 0.25) is 0 Å². The molecule has 224 valence electrons. The van der Waals surface area contributed by atoms with Crippen LogP contribution in [0.5, 0.6) is 11.5 Å². The lowest BCUT2D eigenvalue weighted by Gasteiger charge is -2.32. The summed E-state index contributed by atoms with van der Waals surface area (Å²) in [6.45, 7) is 5.81. The molecule has 2 aliphatic rings. The number of nitrogens with zero attached hydrogens (tertiary/aromatic N) is 2. The van der Waals surface area contributed by atoms with Crippen molar-refractivity contribution in [1.82, 2.24) is 4.90 Å². The first-order chi connectivity index (χ1) is 21.1. The van der Waals surface area contributed by atoms with Crippen molar-refractivity contribution < 1.29 is 26.5 Å². The Morgan fingerprint density at radius 1 is 0.773 bits per heavy atom. The quantitative estimate of drug-likeness (QED) is 0.203. The Kier molecular flexibility index (Phi) is 10.1. The SMILES string of the molecule is COc1ccc(/C=C/C2=C3C(C=CN2Cc2ccccc2)c2ccc(OCC(C)C)cc2N3/C=C/c2ccccc2)cc1.[Br-]. The summed E-state index contributed by atoms with van der Waals surface area (Å²) in [5.41, 5.74) is 8.34. The smallest absolute Gasteiger partial charge is 0.121 e. The van der Waals surface area contributed by atoms with Gasteiger partial charge in [-0.2, -0.15) is 0 Å². The van der Waals surface area contributed by atoms with E-state index in [-0.39, 0.29) is 22.9 Å². The fourth-order valence-corrected chi connectivity index (χ4v) is 5.54. The van der Waals surface area contributed by atoms with Crippen LogP contribution < -0.4 is 31.4 Å². The van der Waals surface area contributed by atoms with Gasteiger partial charge in [-0.3, -0.25) is 0 Å². The van der Waals surface area contributed by atoms with Crippen molar-refractivity contribution >= 4 is 17.8 Å². The number of anilines is 1. The van der Waals surface area contributed by atoms with E-state index in [1.807, 2.05) is 12.1 Å². The summed E-state index contributed by atoms with van der Waals surface area (Å²) in [5, 5.41) is 0. The highest BCUT2D eigenvalue weighted by atomic mass is 79.9. The number of fused-ring (bicyclic) bond motifs is 3. The third-order valence-electron chi connectivity index (χ3n) is 7.73. The molecule has 4 aromatic rings. The van der Waals surface area contributed by atoms with E-state index in [1.54, 1.807) is 7.11 Å². The van der Waals surface area contributed by atoms with Crippen molar-refractivity contribution in [3.8, 4) is 11.5 Å². The lowest BCUT2D eigenvalue weighted by molar-refractivity contribution is -0.00000913. The number of ether oxygens (including phenoxy) is 2. The summed E-state index contributed by atoms with van der Waals surface area (Å²) in [6, 6.07) is 35.8. The predicted molar refractivity (Wildman–Crippen MR) is 178 cm³/mol. The summed E-state index contributed by atoms with van der Waals surface area (Å²) < 4.78 is 11.6. The van der Waals surface area contributed by atoms with Crippen molar-refractivity contribution in [2.75, 3.05) is 18.6 Å². The highest BCUT2D eigenvalue weighted by Gasteiger charge is 2.37. The van der Waals surface area contributed by atoms with Crippen LogP contribution in [0, 0.1) is 5.92 Å². The number of hydrogen-bond donors (Lipinski definition) is 0. The van der Waals surface area contributed by atoms with E-state index in [1.165, 1.54) is 16.8 Å². The summed E-state index contributed by atoms with van der Waals surface area (Å²) >= 11 is 0. The van der Waals surface area contributed by atoms with Crippen molar-refractivity contribution in [2.45, 2.75) is 26.3 Å². The lowest BCUT2D eigenvalue weighted by Crippen LogP contribution is -3.00. The summed E-state index contributed by atoms with van der Waals surface area (Å²) in [4.78, 5) is 4.71. The minimum Gasteiger partial charge on any atom is -1.00 e. The molecule has 4 nitrogen and oxygen atoms in total. The monoisotopic (exact) mass is 645 g/mol. The van der Waals surface area contributed by atoms with Crippen LogP contribution in [0.15, 0.2) is 139 Å². The minimum absolute atomic E-state index is 0. The van der Waals surface area contributed by atoms with Gasteiger partial charge in [0.25, 0.3) is 0 Å². The molecule has 0 spiro atoms. The summed E-state index contributed by atoms with van der Waals surface area (Å²) in [7, 11) is 1.70. The third kappa shape index (κ3) is 7.00. The molecule has 5 heteroatoms. The third-order valence-corrected chi connectivity index (χ3v) is 7.73. The first-order valence-corrected chi connectivity index (χ1v) is 14.9. The second kappa shape index (κ2) is 14.3. The van der Waals surface area contributed by atoms with Gasteiger partial charge in [-0.15, -0.1) is 0 Å². The molecule has 0 saturated heterocycles. The van der Waals surface area contributed by atoms with Crippen LogP contribution in [0.25, 0.3) is 12.2 Å². The van der Waals surface area contributed by atoms with Crippen LogP contribution in [-0.2, 0) is 6.54 Å². The van der Waals surface area contributed by atoms with E-state index in [0.717, 1.165) is 40.6 Å². The van der Waals surface area contributed by atoms with E-state index < -0.39 is 0 Å². The molecule has 0 saturated carbocycles. The molecule has 0 aliphatic carbocycles. The molecule has 44 heavy (non-hydrogen) atoms. The maximum atomic E-state index is 6.19. The van der Waals surface area contributed by atoms with E-state index >= 15 is 0 Å². The van der Waals surface area contributed by atoms with Gasteiger partial charge in [0.15, 0.2) is 0 Å². The normalized spacial score (nSPS) is 15.6. The molecule has 2 heterocycles. The first-order valence-electron chi connectivity index (χ1n) is 14.9. The molecule has 0 N–H and O–H groups in total. The predicted octanol–water partition coefficient (Wildman–Crippen LogP) is 6.26. The molecule has 0 fully saturated rings. The Morgan fingerprint density at radius 2 is 1.45 bits per heavy atom.